The van der Waals surface area contributed by atoms with Crippen LogP contribution in [0.1, 0.15) is 18.4 Å². The quantitative estimate of drug-likeness (QED) is 0.379. The lowest BCUT2D eigenvalue weighted by molar-refractivity contribution is 0.748. The van der Waals surface area contributed by atoms with Crippen molar-refractivity contribution in [1.82, 2.24) is 9.97 Å². The molecule has 3 N–H and O–H groups in total. The second kappa shape index (κ2) is 6.80. The lowest BCUT2D eigenvalue weighted by Gasteiger charge is -2.03. The topological polar surface area (TPSA) is 54.7 Å². The van der Waals surface area contributed by atoms with Crippen molar-refractivity contribution in [1.29, 1.82) is 0 Å². The van der Waals surface area contributed by atoms with Crippen LogP contribution in [0, 0.1) is 0 Å². The lowest BCUT2D eigenvalue weighted by atomic mass is 10.0. The highest BCUT2D eigenvalue weighted by molar-refractivity contribution is 7.21. The Bertz CT molecular complexity index is 1220. The molecular weight excluding hydrogens is 350 g/mol. The van der Waals surface area contributed by atoms with Gasteiger partial charge in [0.05, 0.1) is 21.4 Å². The third-order valence-electron chi connectivity index (χ3n) is 5.19. The third-order valence-corrected chi connectivity index (χ3v) is 6.25. The SMILES string of the molecule is NCCCCc1c(-c2nc3ccccc3s2)[nH]c2c1ccc1ccccc12. The molecule has 2 aromatic heterocycles. The van der Waals surface area contributed by atoms with Gasteiger partial charge in [0.25, 0.3) is 0 Å². The first-order valence-electron chi connectivity index (χ1n) is 9.43. The van der Waals surface area contributed by atoms with Crippen LogP contribution < -0.4 is 5.73 Å². The molecule has 0 bridgehead atoms. The van der Waals surface area contributed by atoms with E-state index in [1.807, 2.05) is 6.07 Å². The molecule has 0 fully saturated rings. The molecule has 3 aromatic carbocycles. The summed E-state index contributed by atoms with van der Waals surface area (Å²) in [6.45, 7) is 0.738. The van der Waals surface area contributed by atoms with Gasteiger partial charge in [0.2, 0.25) is 0 Å². The number of aromatic nitrogens is 2. The van der Waals surface area contributed by atoms with Crippen LogP contribution in [0.15, 0.2) is 60.7 Å². The fourth-order valence-electron chi connectivity index (χ4n) is 3.86. The zero-order chi connectivity index (χ0) is 18.2. The highest BCUT2D eigenvalue weighted by Crippen LogP contribution is 2.38. The number of aryl methyl sites for hydroxylation is 1. The maximum Gasteiger partial charge on any atom is 0.141 e. The Balaban J connectivity index is 1.75. The summed E-state index contributed by atoms with van der Waals surface area (Å²) in [6, 6.07) is 21.4. The Morgan fingerprint density at radius 2 is 1.74 bits per heavy atom. The van der Waals surface area contributed by atoms with E-state index in [9.17, 15) is 0 Å². The maximum absolute atomic E-state index is 5.74. The van der Waals surface area contributed by atoms with E-state index in [2.05, 4.69) is 59.6 Å². The minimum absolute atomic E-state index is 0.738. The second-order valence-corrected chi connectivity index (χ2v) is 7.95. The van der Waals surface area contributed by atoms with E-state index in [4.69, 9.17) is 10.7 Å². The van der Waals surface area contributed by atoms with Crippen molar-refractivity contribution < 1.29 is 0 Å². The van der Waals surface area contributed by atoms with Crippen LogP contribution >= 0.6 is 11.3 Å². The number of nitrogens with one attached hydrogen (secondary N) is 1. The molecule has 0 amide bonds. The molecule has 0 aliphatic rings. The van der Waals surface area contributed by atoms with Crippen molar-refractivity contribution in [2.24, 2.45) is 5.73 Å². The molecule has 2 heterocycles. The minimum atomic E-state index is 0.738. The minimum Gasteiger partial charge on any atom is -0.352 e. The van der Waals surface area contributed by atoms with Gasteiger partial charge in [-0.15, -0.1) is 11.3 Å². The number of aromatic amines is 1. The molecule has 4 heteroatoms. The maximum atomic E-state index is 5.74. The van der Waals surface area contributed by atoms with Crippen LogP contribution in [-0.4, -0.2) is 16.5 Å². The highest BCUT2D eigenvalue weighted by atomic mass is 32.1. The van der Waals surface area contributed by atoms with Gasteiger partial charge in [0.15, 0.2) is 0 Å². The number of benzene rings is 3. The summed E-state index contributed by atoms with van der Waals surface area (Å²) in [5.74, 6) is 0. The predicted molar refractivity (Wildman–Crippen MR) is 116 cm³/mol. The normalized spacial score (nSPS) is 11.7. The Hall–Kier alpha value is -2.69. The van der Waals surface area contributed by atoms with Gasteiger partial charge in [-0.1, -0.05) is 48.5 Å². The first-order chi connectivity index (χ1) is 13.3. The van der Waals surface area contributed by atoms with Gasteiger partial charge >= 0.3 is 0 Å². The molecule has 0 atom stereocenters. The van der Waals surface area contributed by atoms with Crippen LogP contribution in [0.2, 0.25) is 0 Å². The summed E-state index contributed by atoms with van der Waals surface area (Å²) in [7, 11) is 0. The summed E-state index contributed by atoms with van der Waals surface area (Å²) < 4.78 is 1.23. The van der Waals surface area contributed by atoms with Gasteiger partial charge in [-0.2, -0.15) is 0 Å². The summed E-state index contributed by atoms with van der Waals surface area (Å²) in [6.07, 6.45) is 3.15. The van der Waals surface area contributed by atoms with E-state index in [1.54, 1.807) is 11.3 Å². The van der Waals surface area contributed by atoms with E-state index >= 15 is 0 Å². The molecule has 0 saturated carbocycles. The summed E-state index contributed by atoms with van der Waals surface area (Å²) in [4.78, 5) is 8.64. The fourth-order valence-corrected chi connectivity index (χ4v) is 4.85. The molecule has 0 unspecified atom stereocenters. The highest BCUT2D eigenvalue weighted by Gasteiger charge is 2.17. The Morgan fingerprint density at radius 3 is 2.63 bits per heavy atom. The van der Waals surface area contributed by atoms with Crippen LogP contribution in [0.4, 0.5) is 0 Å². The molecule has 5 rings (SSSR count). The number of nitrogens with zero attached hydrogens (tertiary/aromatic N) is 1. The smallest absolute Gasteiger partial charge is 0.141 e. The zero-order valence-corrected chi connectivity index (χ0v) is 15.9. The lowest BCUT2D eigenvalue weighted by Crippen LogP contribution is -1.99. The van der Waals surface area contributed by atoms with E-state index in [1.165, 1.54) is 37.6 Å². The Kier molecular flexibility index (Phi) is 4.15. The number of H-pyrrole nitrogens is 1. The number of unbranched alkanes of at least 4 members (excludes halogenated alkanes) is 1. The van der Waals surface area contributed by atoms with E-state index in [0.29, 0.717) is 0 Å². The van der Waals surface area contributed by atoms with Crippen molar-refractivity contribution in [2.45, 2.75) is 19.3 Å². The van der Waals surface area contributed by atoms with Crippen LogP contribution in [0.5, 0.6) is 0 Å². The van der Waals surface area contributed by atoms with Gasteiger partial charge in [0.1, 0.15) is 5.01 Å². The first-order valence-corrected chi connectivity index (χ1v) is 10.2. The predicted octanol–water partition coefficient (Wildman–Crippen LogP) is 5.88. The summed E-state index contributed by atoms with van der Waals surface area (Å²) in [5, 5.41) is 4.90. The molecule has 0 aliphatic heterocycles. The Morgan fingerprint density at radius 1 is 0.889 bits per heavy atom. The number of rotatable bonds is 5. The number of fused-ring (bicyclic) bond motifs is 4. The second-order valence-electron chi connectivity index (χ2n) is 6.92. The van der Waals surface area contributed by atoms with E-state index < -0.39 is 0 Å². The molecule has 27 heavy (non-hydrogen) atoms. The zero-order valence-electron chi connectivity index (χ0n) is 15.0. The summed E-state index contributed by atoms with van der Waals surface area (Å²) in [5.41, 5.74) is 10.5. The van der Waals surface area contributed by atoms with Gasteiger partial charge in [-0.25, -0.2) is 4.98 Å². The largest absolute Gasteiger partial charge is 0.352 e. The molecule has 0 saturated heterocycles. The van der Waals surface area contributed by atoms with Crippen molar-refractivity contribution in [3.05, 3.63) is 66.2 Å². The van der Waals surface area contributed by atoms with Crippen molar-refractivity contribution >= 4 is 43.2 Å². The Labute approximate surface area is 161 Å². The standard InChI is InChI=1S/C23H21N3S/c24-14-6-5-9-17-18-13-12-15-7-1-2-8-16(15)21(18)26-22(17)23-25-19-10-3-4-11-20(19)27-23/h1-4,7-8,10-13,26H,5-6,9,14,24H2. The van der Waals surface area contributed by atoms with Crippen molar-refractivity contribution in [2.75, 3.05) is 6.54 Å². The van der Waals surface area contributed by atoms with Gasteiger partial charge in [-0.05, 0) is 48.9 Å². The monoisotopic (exact) mass is 371 g/mol. The molecule has 0 spiro atoms. The van der Waals surface area contributed by atoms with Gasteiger partial charge in [0, 0.05) is 10.8 Å². The van der Waals surface area contributed by atoms with Gasteiger partial charge < -0.3 is 10.7 Å². The van der Waals surface area contributed by atoms with E-state index in [0.717, 1.165) is 36.3 Å². The fraction of sp³-hybridized carbons (Fsp3) is 0.174. The number of para-hydroxylation sites is 1. The average molecular weight is 372 g/mol. The number of hydrogen-bond acceptors (Lipinski definition) is 3. The molecule has 134 valence electrons. The van der Waals surface area contributed by atoms with Gasteiger partial charge in [-0.3, -0.25) is 0 Å². The molecule has 0 radical (unpaired) electrons. The summed E-state index contributed by atoms with van der Waals surface area (Å²) >= 11 is 1.76. The van der Waals surface area contributed by atoms with Crippen molar-refractivity contribution in [3.8, 4) is 10.7 Å². The van der Waals surface area contributed by atoms with Crippen LogP contribution in [-0.2, 0) is 6.42 Å². The number of thiazole rings is 1. The van der Waals surface area contributed by atoms with Crippen LogP contribution in [0.25, 0.3) is 42.6 Å². The molecule has 5 aromatic rings. The van der Waals surface area contributed by atoms with Crippen molar-refractivity contribution in [3.63, 3.8) is 0 Å². The molecule has 0 aliphatic carbocycles. The average Bonchev–Trinajstić information content (AvgIpc) is 3.29. The number of hydrogen-bond donors (Lipinski definition) is 2. The van der Waals surface area contributed by atoms with Crippen LogP contribution in [0.3, 0.4) is 0 Å². The third kappa shape index (κ3) is 2.82. The number of nitrogens with two attached hydrogens (primary N) is 1. The molecular formula is C23H21N3S. The van der Waals surface area contributed by atoms with E-state index in [-0.39, 0.29) is 0 Å². The first kappa shape index (κ1) is 16.5. The molecule has 3 nitrogen and oxygen atoms in total.